The van der Waals surface area contributed by atoms with Crippen LogP contribution in [0.15, 0.2) is 54.6 Å². The highest BCUT2D eigenvalue weighted by molar-refractivity contribution is 5.59. The lowest BCUT2D eigenvalue weighted by Gasteiger charge is -2.30. The second-order valence-electron chi connectivity index (χ2n) is 5.06. The maximum absolute atomic E-state index is 3.33. The predicted octanol–water partition coefficient (Wildman–Crippen LogP) is 3.01. The Morgan fingerprint density at radius 1 is 1.05 bits per heavy atom. The average molecular weight is 252 g/mol. The topological polar surface area (TPSA) is 15.3 Å². The fraction of sp³-hybridized carbons (Fsp3) is 0.294. The van der Waals surface area contributed by atoms with E-state index >= 15 is 0 Å². The van der Waals surface area contributed by atoms with Crippen LogP contribution in [0.2, 0.25) is 0 Å². The van der Waals surface area contributed by atoms with Gasteiger partial charge in [-0.3, -0.25) is 0 Å². The van der Waals surface area contributed by atoms with Crippen molar-refractivity contribution in [3.63, 3.8) is 0 Å². The van der Waals surface area contributed by atoms with Crippen LogP contribution in [-0.2, 0) is 6.42 Å². The third-order valence-corrected chi connectivity index (χ3v) is 3.88. The molecule has 2 aromatic carbocycles. The number of hydrogen-bond donors (Lipinski definition) is 1. The van der Waals surface area contributed by atoms with Gasteiger partial charge in [0.05, 0.1) is 6.04 Å². The highest BCUT2D eigenvalue weighted by Gasteiger charge is 2.26. The molecule has 0 saturated carbocycles. The van der Waals surface area contributed by atoms with Gasteiger partial charge in [0.2, 0.25) is 0 Å². The van der Waals surface area contributed by atoms with E-state index < -0.39 is 0 Å². The lowest BCUT2D eigenvalue weighted by molar-refractivity contribution is 0.596. The summed E-state index contributed by atoms with van der Waals surface area (Å²) in [4.78, 5) is 2.53. The van der Waals surface area contributed by atoms with Crippen LogP contribution >= 0.6 is 0 Å². The van der Waals surface area contributed by atoms with E-state index in [1.807, 2.05) is 7.05 Å². The molecule has 1 heterocycles. The summed E-state index contributed by atoms with van der Waals surface area (Å²) in [5, 5.41) is 3.33. The van der Waals surface area contributed by atoms with E-state index in [1.54, 1.807) is 0 Å². The number of fused-ring (bicyclic) bond motifs is 1. The third kappa shape index (κ3) is 2.36. The van der Waals surface area contributed by atoms with Crippen LogP contribution in [-0.4, -0.2) is 20.1 Å². The molecule has 2 aromatic rings. The zero-order valence-corrected chi connectivity index (χ0v) is 11.3. The molecule has 2 heteroatoms. The maximum atomic E-state index is 3.33. The maximum Gasteiger partial charge on any atom is 0.0667 e. The molecule has 0 saturated heterocycles. The Balaban J connectivity index is 1.94. The van der Waals surface area contributed by atoms with E-state index in [1.165, 1.54) is 16.8 Å². The van der Waals surface area contributed by atoms with Gasteiger partial charge in [0, 0.05) is 18.8 Å². The van der Waals surface area contributed by atoms with Crippen LogP contribution in [0.4, 0.5) is 5.69 Å². The summed E-state index contributed by atoms with van der Waals surface area (Å²) in [5.74, 6) is 0. The van der Waals surface area contributed by atoms with Gasteiger partial charge in [0.15, 0.2) is 0 Å². The number of likely N-dealkylation sites (N-methyl/N-ethyl adjacent to an activating group) is 1. The fourth-order valence-corrected chi connectivity index (χ4v) is 2.96. The zero-order chi connectivity index (χ0) is 13.1. The van der Waals surface area contributed by atoms with Gasteiger partial charge < -0.3 is 10.2 Å². The molecule has 0 spiro atoms. The van der Waals surface area contributed by atoms with Gasteiger partial charge >= 0.3 is 0 Å². The van der Waals surface area contributed by atoms with Gasteiger partial charge in [-0.05, 0) is 30.7 Å². The van der Waals surface area contributed by atoms with E-state index in [-0.39, 0.29) is 0 Å². The van der Waals surface area contributed by atoms with Crippen LogP contribution in [0.1, 0.15) is 17.2 Å². The summed E-state index contributed by atoms with van der Waals surface area (Å²) in [7, 11) is 2.03. The molecule has 1 N–H and O–H groups in total. The minimum Gasteiger partial charge on any atom is -0.363 e. The van der Waals surface area contributed by atoms with Crippen molar-refractivity contribution in [2.45, 2.75) is 12.5 Å². The molecular formula is C17H20N2. The number of hydrogen-bond acceptors (Lipinski definition) is 2. The highest BCUT2D eigenvalue weighted by Crippen LogP contribution is 2.34. The van der Waals surface area contributed by atoms with Crippen molar-refractivity contribution in [1.82, 2.24) is 5.32 Å². The average Bonchev–Trinajstić information content (AvgIpc) is 2.89. The number of nitrogens with zero attached hydrogens (tertiary/aromatic N) is 1. The minimum atomic E-state index is 0.412. The summed E-state index contributed by atoms with van der Waals surface area (Å²) in [6.07, 6.45) is 1.16. The molecular weight excluding hydrogens is 232 g/mol. The number of anilines is 1. The van der Waals surface area contributed by atoms with Crippen molar-refractivity contribution in [3.05, 3.63) is 65.7 Å². The largest absolute Gasteiger partial charge is 0.363 e. The molecule has 0 bridgehead atoms. The van der Waals surface area contributed by atoms with Crippen LogP contribution in [0.5, 0.6) is 0 Å². The molecule has 0 aliphatic carbocycles. The number of benzene rings is 2. The minimum absolute atomic E-state index is 0.412. The fourth-order valence-electron chi connectivity index (χ4n) is 2.96. The molecule has 0 fully saturated rings. The first kappa shape index (κ1) is 12.2. The molecule has 3 rings (SSSR count). The van der Waals surface area contributed by atoms with E-state index in [0.29, 0.717) is 6.04 Å². The van der Waals surface area contributed by atoms with Crippen LogP contribution < -0.4 is 10.2 Å². The quantitative estimate of drug-likeness (QED) is 0.900. The van der Waals surface area contributed by atoms with E-state index in [4.69, 9.17) is 0 Å². The summed E-state index contributed by atoms with van der Waals surface area (Å²) < 4.78 is 0. The van der Waals surface area contributed by atoms with Crippen LogP contribution in [0.25, 0.3) is 0 Å². The molecule has 19 heavy (non-hydrogen) atoms. The summed E-state index contributed by atoms with van der Waals surface area (Å²) in [6.45, 7) is 2.08. The molecule has 98 valence electrons. The molecule has 1 aliphatic heterocycles. The van der Waals surface area contributed by atoms with Crippen molar-refractivity contribution in [2.75, 3.05) is 25.0 Å². The first-order chi connectivity index (χ1) is 9.40. The Morgan fingerprint density at radius 3 is 2.58 bits per heavy atom. The molecule has 1 unspecified atom stereocenters. The summed E-state index contributed by atoms with van der Waals surface area (Å²) in [6, 6.07) is 20.0. The SMILES string of the molecule is CNCC(c1ccccc1)N1CCc2ccccc21. The third-order valence-electron chi connectivity index (χ3n) is 3.88. The Morgan fingerprint density at radius 2 is 1.79 bits per heavy atom. The predicted molar refractivity (Wildman–Crippen MR) is 80.6 cm³/mol. The van der Waals surface area contributed by atoms with Gasteiger partial charge in [0.25, 0.3) is 0 Å². The Bertz CT molecular complexity index is 536. The van der Waals surface area contributed by atoms with Gasteiger partial charge in [-0.15, -0.1) is 0 Å². The van der Waals surface area contributed by atoms with Crippen molar-refractivity contribution in [1.29, 1.82) is 0 Å². The Labute approximate surface area is 115 Å². The first-order valence-corrected chi connectivity index (χ1v) is 6.94. The second kappa shape index (κ2) is 5.45. The lowest BCUT2D eigenvalue weighted by Crippen LogP contribution is -2.33. The molecule has 0 aromatic heterocycles. The van der Waals surface area contributed by atoms with Crippen molar-refractivity contribution < 1.29 is 0 Å². The Hall–Kier alpha value is -1.80. The standard InChI is InChI=1S/C17H20N2/c1-18-13-17(14-7-3-2-4-8-14)19-12-11-15-9-5-6-10-16(15)19/h2-10,17-18H,11-13H2,1H3. The van der Waals surface area contributed by atoms with E-state index in [9.17, 15) is 0 Å². The van der Waals surface area contributed by atoms with Gasteiger partial charge in [-0.2, -0.15) is 0 Å². The molecule has 1 atom stereocenters. The first-order valence-electron chi connectivity index (χ1n) is 6.94. The van der Waals surface area contributed by atoms with Crippen molar-refractivity contribution in [2.24, 2.45) is 0 Å². The normalized spacial score (nSPS) is 15.3. The number of rotatable bonds is 4. The second-order valence-corrected chi connectivity index (χ2v) is 5.06. The molecule has 0 amide bonds. The van der Waals surface area contributed by atoms with Gasteiger partial charge in [-0.25, -0.2) is 0 Å². The zero-order valence-electron chi connectivity index (χ0n) is 11.3. The number of nitrogens with one attached hydrogen (secondary N) is 1. The Kier molecular flexibility index (Phi) is 3.51. The van der Waals surface area contributed by atoms with E-state index in [0.717, 1.165) is 19.5 Å². The summed E-state index contributed by atoms with van der Waals surface area (Å²) >= 11 is 0. The van der Waals surface area contributed by atoms with Gasteiger partial charge in [-0.1, -0.05) is 48.5 Å². The van der Waals surface area contributed by atoms with Crippen LogP contribution in [0, 0.1) is 0 Å². The highest BCUT2D eigenvalue weighted by atomic mass is 15.2. The summed E-state index contributed by atoms with van der Waals surface area (Å²) in [5.41, 5.74) is 4.25. The van der Waals surface area contributed by atoms with Gasteiger partial charge in [0.1, 0.15) is 0 Å². The molecule has 1 aliphatic rings. The molecule has 2 nitrogen and oxygen atoms in total. The monoisotopic (exact) mass is 252 g/mol. The smallest absolute Gasteiger partial charge is 0.0667 e. The van der Waals surface area contributed by atoms with E-state index in [2.05, 4.69) is 64.8 Å². The lowest BCUT2D eigenvalue weighted by atomic mass is 10.0. The molecule has 0 radical (unpaired) electrons. The van der Waals surface area contributed by atoms with Crippen LogP contribution in [0.3, 0.4) is 0 Å². The van der Waals surface area contributed by atoms with Crippen molar-refractivity contribution >= 4 is 5.69 Å². The van der Waals surface area contributed by atoms with Crippen molar-refractivity contribution in [3.8, 4) is 0 Å². The number of para-hydroxylation sites is 1.